The number of nitrogens with one attached hydrogen (secondary N) is 2. The van der Waals surface area contributed by atoms with Crippen molar-refractivity contribution in [2.45, 2.75) is 69.6 Å². The number of benzene rings is 1. The number of aliphatic imine (C=N–C) groups is 1. The van der Waals surface area contributed by atoms with E-state index in [1.807, 2.05) is 0 Å². The molecule has 0 aromatic heterocycles. The van der Waals surface area contributed by atoms with Crippen molar-refractivity contribution in [3.05, 3.63) is 29.8 Å². The quantitative estimate of drug-likeness (QED) is 0.382. The topological polar surface area (TPSA) is 54.9 Å². The van der Waals surface area contributed by atoms with E-state index >= 15 is 0 Å². The molecule has 1 saturated heterocycles. The van der Waals surface area contributed by atoms with Gasteiger partial charge in [0, 0.05) is 25.1 Å². The number of halogens is 1. The third-order valence-electron chi connectivity index (χ3n) is 5.84. The van der Waals surface area contributed by atoms with E-state index in [0.717, 1.165) is 63.5 Å². The Kier molecular flexibility index (Phi) is 7.25. The lowest BCUT2D eigenvalue weighted by atomic mass is 9.86. The molecule has 6 heteroatoms. The molecule has 1 saturated carbocycles. The summed E-state index contributed by atoms with van der Waals surface area (Å²) < 4.78 is 12.2. The van der Waals surface area contributed by atoms with Gasteiger partial charge in [-0.25, -0.2) is 0 Å². The van der Waals surface area contributed by atoms with Crippen molar-refractivity contribution in [1.82, 2.24) is 10.6 Å². The zero-order valence-electron chi connectivity index (χ0n) is 16.2. The van der Waals surface area contributed by atoms with E-state index in [1.165, 1.54) is 18.4 Å². The molecule has 0 amide bonds. The highest BCUT2D eigenvalue weighted by atomic mass is 127. The second kappa shape index (κ2) is 9.45. The van der Waals surface area contributed by atoms with E-state index in [2.05, 4.69) is 41.8 Å². The molecular weight excluding hydrogens is 453 g/mol. The minimum Gasteiger partial charge on any atom is -0.487 e. The molecule has 1 spiro atoms. The van der Waals surface area contributed by atoms with Gasteiger partial charge in [0.15, 0.2) is 5.96 Å². The van der Waals surface area contributed by atoms with Crippen molar-refractivity contribution in [1.29, 1.82) is 0 Å². The predicted octanol–water partition coefficient (Wildman–Crippen LogP) is 4.18. The first kappa shape index (κ1) is 20.7. The van der Waals surface area contributed by atoms with E-state index in [9.17, 15) is 0 Å². The number of rotatable bonds is 4. The number of fused-ring (bicyclic) bond motifs is 1. The normalized spacial score (nSPS) is 26.2. The first-order valence-corrected chi connectivity index (χ1v) is 10.2. The van der Waals surface area contributed by atoms with Crippen LogP contribution in [-0.4, -0.2) is 37.4 Å². The van der Waals surface area contributed by atoms with E-state index in [1.54, 1.807) is 0 Å². The standard InChI is InChI=1S/C21H31N3O2.HI/c1-2-22-20(23-15-16-8-7-13-25-16)24-18-14-21(11-5-6-12-21)26-19-10-4-3-9-17(18)19;/h3-4,9-10,16,18H,2,5-8,11-15H2,1H3,(H2,22,23,24);1H. The van der Waals surface area contributed by atoms with E-state index in [-0.39, 0.29) is 41.7 Å². The molecule has 2 aliphatic heterocycles. The maximum absolute atomic E-state index is 6.47. The van der Waals surface area contributed by atoms with Crippen LogP contribution in [0.1, 0.15) is 63.5 Å². The van der Waals surface area contributed by atoms with Crippen LogP contribution < -0.4 is 15.4 Å². The molecule has 1 aliphatic carbocycles. The number of ether oxygens (including phenoxy) is 2. The Balaban J connectivity index is 0.00000210. The highest BCUT2D eigenvalue weighted by molar-refractivity contribution is 14.0. The lowest BCUT2D eigenvalue weighted by molar-refractivity contribution is 0.0395. The fourth-order valence-corrected chi connectivity index (χ4v) is 4.54. The Bertz CT molecular complexity index is 640. The first-order valence-electron chi connectivity index (χ1n) is 10.2. The van der Waals surface area contributed by atoms with Gasteiger partial charge in [0.25, 0.3) is 0 Å². The Morgan fingerprint density at radius 3 is 2.78 bits per heavy atom. The van der Waals surface area contributed by atoms with Gasteiger partial charge in [0.05, 0.1) is 18.7 Å². The second-order valence-corrected chi connectivity index (χ2v) is 7.79. The lowest BCUT2D eigenvalue weighted by Crippen LogP contribution is -2.46. The molecule has 2 unspecified atom stereocenters. The zero-order valence-corrected chi connectivity index (χ0v) is 18.5. The van der Waals surface area contributed by atoms with Gasteiger partial charge in [0.1, 0.15) is 11.4 Å². The molecule has 1 aromatic carbocycles. The molecule has 2 fully saturated rings. The molecule has 0 radical (unpaired) electrons. The summed E-state index contributed by atoms with van der Waals surface area (Å²) in [6.07, 6.45) is 8.39. The fourth-order valence-electron chi connectivity index (χ4n) is 4.54. The average Bonchev–Trinajstić information content (AvgIpc) is 3.32. The summed E-state index contributed by atoms with van der Waals surface area (Å²) in [5, 5.41) is 7.10. The summed E-state index contributed by atoms with van der Waals surface area (Å²) in [7, 11) is 0. The van der Waals surface area contributed by atoms with Gasteiger partial charge in [-0.3, -0.25) is 4.99 Å². The van der Waals surface area contributed by atoms with Crippen LogP contribution in [0.15, 0.2) is 29.3 Å². The Morgan fingerprint density at radius 2 is 2.04 bits per heavy atom. The Labute approximate surface area is 179 Å². The molecule has 5 nitrogen and oxygen atoms in total. The minimum absolute atomic E-state index is 0. The zero-order chi connectivity index (χ0) is 17.8. The maximum atomic E-state index is 6.47. The van der Waals surface area contributed by atoms with Crippen molar-refractivity contribution in [3.8, 4) is 5.75 Å². The molecule has 2 heterocycles. The summed E-state index contributed by atoms with van der Waals surface area (Å²) in [5.41, 5.74) is 1.24. The molecule has 2 N–H and O–H groups in total. The van der Waals surface area contributed by atoms with Gasteiger partial charge < -0.3 is 20.1 Å². The van der Waals surface area contributed by atoms with Crippen LogP contribution in [0.4, 0.5) is 0 Å². The van der Waals surface area contributed by atoms with Crippen LogP contribution in [0, 0.1) is 0 Å². The Morgan fingerprint density at radius 1 is 1.22 bits per heavy atom. The highest BCUT2D eigenvalue weighted by Crippen LogP contribution is 2.46. The molecular formula is C21H32IN3O2. The van der Waals surface area contributed by atoms with Gasteiger partial charge in [0.2, 0.25) is 0 Å². The van der Waals surface area contributed by atoms with Gasteiger partial charge in [-0.1, -0.05) is 18.2 Å². The van der Waals surface area contributed by atoms with Crippen LogP contribution in [0.3, 0.4) is 0 Å². The average molecular weight is 485 g/mol. The van der Waals surface area contributed by atoms with Crippen LogP contribution in [0.2, 0.25) is 0 Å². The van der Waals surface area contributed by atoms with Crippen molar-refractivity contribution < 1.29 is 9.47 Å². The largest absolute Gasteiger partial charge is 0.487 e. The summed E-state index contributed by atoms with van der Waals surface area (Å²) >= 11 is 0. The van der Waals surface area contributed by atoms with Gasteiger partial charge in [-0.2, -0.15) is 0 Å². The highest BCUT2D eigenvalue weighted by Gasteiger charge is 2.43. The third kappa shape index (κ3) is 4.88. The molecule has 0 bridgehead atoms. The summed E-state index contributed by atoms with van der Waals surface area (Å²) in [6, 6.07) is 8.69. The molecule has 3 aliphatic rings. The van der Waals surface area contributed by atoms with Crippen molar-refractivity contribution in [2.24, 2.45) is 4.99 Å². The van der Waals surface area contributed by atoms with Crippen molar-refractivity contribution in [2.75, 3.05) is 19.7 Å². The third-order valence-corrected chi connectivity index (χ3v) is 5.84. The molecule has 27 heavy (non-hydrogen) atoms. The molecule has 4 rings (SSSR count). The SMILES string of the molecule is CCNC(=NCC1CCCO1)NC1CC2(CCCC2)Oc2ccccc21.I. The van der Waals surface area contributed by atoms with Crippen molar-refractivity contribution in [3.63, 3.8) is 0 Å². The number of nitrogens with zero attached hydrogens (tertiary/aromatic N) is 1. The van der Waals surface area contributed by atoms with Gasteiger partial charge in [-0.05, 0) is 51.5 Å². The van der Waals surface area contributed by atoms with Crippen LogP contribution in [0.25, 0.3) is 0 Å². The number of hydrogen-bond donors (Lipinski definition) is 2. The van der Waals surface area contributed by atoms with Crippen LogP contribution in [0.5, 0.6) is 5.75 Å². The predicted molar refractivity (Wildman–Crippen MR) is 119 cm³/mol. The smallest absolute Gasteiger partial charge is 0.191 e. The monoisotopic (exact) mass is 485 g/mol. The van der Waals surface area contributed by atoms with Gasteiger partial charge >= 0.3 is 0 Å². The minimum atomic E-state index is -0.00208. The molecule has 150 valence electrons. The van der Waals surface area contributed by atoms with E-state index in [0.29, 0.717) is 0 Å². The maximum Gasteiger partial charge on any atom is 0.191 e. The van der Waals surface area contributed by atoms with E-state index < -0.39 is 0 Å². The number of hydrogen-bond acceptors (Lipinski definition) is 3. The molecule has 1 aromatic rings. The fraction of sp³-hybridized carbons (Fsp3) is 0.667. The summed E-state index contributed by atoms with van der Waals surface area (Å²) in [5.74, 6) is 1.92. The van der Waals surface area contributed by atoms with Crippen LogP contribution >= 0.6 is 24.0 Å². The Hall–Kier alpha value is -1.02. The summed E-state index contributed by atoms with van der Waals surface area (Å²) in [4.78, 5) is 4.81. The van der Waals surface area contributed by atoms with E-state index in [4.69, 9.17) is 14.5 Å². The number of guanidine groups is 1. The number of para-hydroxylation sites is 1. The molecule has 2 atom stereocenters. The summed E-state index contributed by atoms with van der Waals surface area (Å²) in [6.45, 7) is 4.57. The second-order valence-electron chi connectivity index (χ2n) is 7.79. The lowest BCUT2D eigenvalue weighted by Gasteiger charge is -2.40. The van der Waals surface area contributed by atoms with Crippen LogP contribution in [-0.2, 0) is 4.74 Å². The first-order chi connectivity index (χ1) is 12.8. The van der Waals surface area contributed by atoms with Gasteiger partial charge in [-0.15, -0.1) is 24.0 Å². The van der Waals surface area contributed by atoms with Crippen molar-refractivity contribution >= 4 is 29.9 Å².